The summed E-state index contributed by atoms with van der Waals surface area (Å²) in [5.74, 6) is -0.204. The van der Waals surface area contributed by atoms with Gasteiger partial charge in [-0.2, -0.15) is 0 Å². The number of nitrogens with one attached hydrogen (secondary N) is 1. The van der Waals surface area contributed by atoms with Gasteiger partial charge in [0.1, 0.15) is 5.69 Å². The SMILES string of the molecule is Cc1cccnc1C(=O)Nc1ccncc1. The van der Waals surface area contributed by atoms with Gasteiger partial charge in [0.25, 0.3) is 5.91 Å². The maximum absolute atomic E-state index is 11.8. The fraction of sp³-hybridized carbons (Fsp3) is 0.0833. The van der Waals surface area contributed by atoms with Crippen LogP contribution < -0.4 is 5.32 Å². The first-order valence-corrected chi connectivity index (χ1v) is 4.90. The fourth-order valence-corrected chi connectivity index (χ4v) is 1.35. The van der Waals surface area contributed by atoms with Crippen molar-refractivity contribution in [3.05, 3.63) is 54.1 Å². The van der Waals surface area contributed by atoms with Crippen molar-refractivity contribution < 1.29 is 4.79 Å². The van der Waals surface area contributed by atoms with Crippen molar-refractivity contribution in [2.75, 3.05) is 5.32 Å². The van der Waals surface area contributed by atoms with Crippen molar-refractivity contribution in [2.24, 2.45) is 0 Å². The molecule has 0 unspecified atom stereocenters. The zero-order valence-electron chi connectivity index (χ0n) is 8.84. The van der Waals surface area contributed by atoms with Crippen molar-refractivity contribution in [3.63, 3.8) is 0 Å². The molecule has 80 valence electrons. The van der Waals surface area contributed by atoms with E-state index in [0.717, 1.165) is 5.56 Å². The maximum atomic E-state index is 11.8. The van der Waals surface area contributed by atoms with Gasteiger partial charge in [-0.15, -0.1) is 0 Å². The lowest BCUT2D eigenvalue weighted by molar-refractivity contribution is 0.102. The van der Waals surface area contributed by atoms with Crippen LogP contribution in [0.25, 0.3) is 0 Å². The molecule has 0 radical (unpaired) electrons. The first-order valence-electron chi connectivity index (χ1n) is 4.90. The Hall–Kier alpha value is -2.23. The van der Waals surface area contributed by atoms with E-state index in [-0.39, 0.29) is 5.91 Å². The molecule has 0 aliphatic heterocycles. The summed E-state index contributed by atoms with van der Waals surface area (Å²) in [5, 5.41) is 2.76. The van der Waals surface area contributed by atoms with E-state index in [0.29, 0.717) is 11.4 Å². The molecule has 4 nitrogen and oxygen atoms in total. The van der Waals surface area contributed by atoms with E-state index in [9.17, 15) is 4.79 Å². The second kappa shape index (κ2) is 4.53. The second-order valence-corrected chi connectivity index (χ2v) is 3.36. The zero-order chi connectivity index (χ0) is 11.4. The number of pyridine rings is 2. The Bertz CT molecular complexity index is 497. The summed E-state index contributed by atoms with van der Waals surface area (Å²) >= 11 is 0. The quantitative estimate of drug-likeness (QED) is 0.830. The van der Waals surface area contributed by atoms with Gasteiger partial charge in [-0.3, -0.25) is 14.8 Å². The molecule has 16 heavy (non-hydrogen) atoms. The summed E-state index contributed by atoms with van der Waals surface area (Å²) in [6.07, 6.45) is 4.86. The zero-order valence-corrected chi connectivity index (χ0v) is 8.84. The highest BCUT2D eigenvalue weighted by molar-refractivity contribution is 6.03. The van der Waals surface area contributed by atoms with Gasteiger partial charge in [0.15, 0.2) is 0 Å². The number of hydrogen-bond donors (Lipinski definition) is 1. The van der Waals surface area contributed by atoms with Crippen molar-refractivity contribution in [1.29, 1.82) is 0 Å². The molecular formula is C12H11N3O. The molecule has 0 atom stereocenters. The number of carbonyl (C=O) groups is 1. The fourth-order valence-electron chi connectivity index (χ4n) is 1.35. The minimum absolute atomic E-state index is 0.204. The summed E-state index contributed by atoms with van der Waals surface area (Å²) in [7, 11) is 0. The van der Waals surface area contributed by atoms with Crippen LogP contribution in [0.4, 0.5) is 5.69 Å². The number of carbonyl (C=O) groups excluding carboxylic acids is 1. The molecular weight excluding hydrogens is 202 g/mol. The highest BCUT2D eigenvalue weighted by Gasteiger charge is 2.09. The lowest BCUT2D eigenvalue weighted by Gasteiger charge is -2.05. The van der Waals surface area contributed by atoms with E-state index in [1.807, 2.05) is 13.0 Å². The van der Waals surface area contributed by atoms with Gasteiger partial charge in [-0.1, -0.05) is 6.07 Å². The molecule has 0 aromatic carbocycles. The van der Waals surface area contributed by atoms with Crippen LogP contribution in [-0.4, -0.2) is 15.9 Å². The predicted octanol–water partition coefficient (Wildman–Crippen LogP) is 2.04. The van der Waals surface area contributed by atoms with Crippen LogP contribution in [0.15, 0.2) is 42.9 Å². The Kier molecular flexibility index (Phi) is 2.91. The van der Waals surface area contributed by atoms with Gasteiger partial charge >= 0.3 is 0 Å². The molecule has 1 N–H and O–H groups in total. The van der Waals surface area contributed by atoms with Crippen LogP contribution in [-0.2, 0) is 0 Å². The number of anilines is 1. The summed E-state index contributed by atoms with van der Waals surface area (Å²) in [6, 6.07) is 7.12. The maximum Gasteiger partial charge on any atom is 0.274 e. The number of aromatic nitrogens is 2. The minimum Gasteiger partial charge on any atom is -0.321 e. The summed E-state index contributed by atoms with van der Waals surface area (Å²) in [4.78, 5) is 19.8. The van der Waals surface area contributed by atoms with Crippen molar-refractivity contribution in [3.8, 4) is 0 Å². The number of aryl methyl sites for hydroxylation is 1. The largest absolute Gasteiger partial charge is 0.321 e. The van der Waals surface area contributed by atoms with Gasteiger partial charge in [-0.05, 0) is 30.7 Å². The van der Waals surface area contributed by atoms with Gasteiger partial charge in [0.05, 0.1) is 0 Å². The van der Waals surface area contributed by atoms with Crippen LogP contribution in [0.1, 0.15) is 16.1 Å². The number of hydrogen-bond acceptors (Lipinski definition) is 3. The topological polar surface area (TPSA) is 54.9 Å². The summed E-state index contributed by atoms with van der Waals surface area (Å²) in [5.41, 5.74) is 2.01. The third-order valence-electron chi connectivity index (χ3n) is 2.16. The van der Waals surface area contributed by atoms with Crippen LogP contribution >= 0.6 is 0 Å². The monoisotopic (exact) mass is 213 g/mol. The molecule has 0 saturated heterocycles. The van der Waals surface area contributed by atoms with E-state index in [2.05, 4.69) is 15.3 Å². The Labute approximate surface area is 93.4 Å². The number of amides is 1. The molecule has 0 fully saturated rings. The Morgan fingerprint density at radius 3 is 2.62 bits per heavy atom. The third-order valence-corrected chi connectivity index (χ3v) is 2.16. The average molecular weight is 213 g/mol. The van der Waals surface area contributed by atoms with E-state index in [1.54, 1.807) is 36.8 Å². The lowest BCUT2D eigenvalue weighted by atomic mass is 10.2. The van der Waals surface area contributed by atoms with Crippen LogP contribution in [0.2, 0.25) is 0 Å². The summed E-state index contributed by atoms with van der Waals surface area (Å²) < 4.78 is 0. The molecule has 0 bridgehead atoms. The first-order chi connectivity index (χ1) is 7.77. The normalized spacial score (nSPS) is 9.81. The molecule has 2 aromatic rings. The number of nitrogens with zero attached hydrogens (tertiary/aromatic N) is 2. The van der Waals surface area contributed by atoms with E-state index in [1.165, 1.54) is 0 Å². The average Bonchev–Trinajstić information content (AvgIpc) is 2.31. The van der Waals surface area contributed by atoms with Crippen molar-refractivity contribution in [1.82, 2.24) is 9.97 Å². The lowest BCUT2D eigenvalue weighted by Crippen LogP contribution is -2.14. The molecule has 0 spiro atoms. The molecule has 0 aliphatic carbocycles. The van der Waals surface area contributed by atoms with Crippen molar-refractivity contribution in [2.45, 2.75) is 6.92 Å². The standard InChI is InChI=1S/C12H11N3O/c1-9-3-2-6-14-11(9)12(16)15-10-4-7-13-8-5-10/h2-8H,1H3,(H,13,15,16). The van der Waals surface area contributed by atoms with Gasteiger partial charge < -0.3 is 5.32 Å². The molecule has 0 aliphatic rings. The molecule has 0 saturated carbocycles. The molecule has 4 heteroatoms. The minimum atomic E-state index is -0.204. The van der Waals surface area contributed by atoms with Crippen LogP contribution in [0.5, 0.6) is 0 Å². The second-order valence-electron chi connectivity index (χ2n) is 3.36. The van der Waals surface area contributed by atoms with Gasteiger partial charge in [0.2, 0.25) is 0 Å². The van der Waals surface area contributed by atoms with Crippen LogP contribution in [0.3, 0.4) is 0 Å². The predicted molar refractivity (Wildman–Crippen MR) is 61.2 cm³/mol. The van der Waals surface area contributed by atoms with Gasteiger partial charge in [0, 0.05) is 24.3 Å². The molecule has 2 heterocycles. The van der Waals surface area contributed by atoms with E-state index >= 15 is 0 Å². The smallest absolute Gasteiger partial charge is 0.274 e. The Balaban J connectivity index is 2.19. The first kappa shape index (κ1) is 10.3. The Morgan fingerprint density at radius 2 is 1.94 bits per heavy atom. The third kappa shape index (κ3) is 2.23. The summed E-state index contributed by atoms with van der Waals surface area (Å²) in [6.45, 7) is 1.86. The van der Waals surface area contributed by atoms with E-state index < -0.39 is 0 Å². The van der Waals surface area contributed by atoms with Crippen LogP contribution in [0, 0.1) is 6.92 Å². The Morgan fingerprint density at radius 1 is 1.19 bits per heavy atom. The van der Waals surface area contributed by atoms with E-state index in [4.69, 9.17) is 0 Å². The highest BCUT2D eigenvalue weighted by atomic mass is 16.1. The molecule has 1 amide bonds. The molecule has 2 rings (SSSR count). The van der Waals surface area contributed by atoms with Crippen molar-refractivity contribution >= 4 is 11.6 Å². The van der Waals surface area contributed by atoms with Gasteiger partial charge in [-0.25, -0.2) is 0 Å². The molecule has 2 aromatic heterocycles. The highest BCUT2D eigenvalue weighted by Crippen LogP contribution is 2.08. The number of rotatable bonds is 2.